The second-order valence-corrected chi connectivity index (χ2v) is 7.25. The Bertz CT molecular complexity index is 794. The highest BCUT2D eigenvalue weighted by atomic mass is 19.4. The van der Waals surface area contributed by atoms with Gasteiger partial charge in [0.05, 0.1) is 5.56 Å². The minimum atomic E-state index is -4.37. The lowest BCUT2D eigenvalue weighted by Gasteiger charge is -2.32. The lowest BCUT2D eigenvalue weighted by Crippen LogP contribution is -2.39. The van der Waals surface area contributed by atoms with E-state index >= 15 is 0 Å². The Morgan fingerprint density at radius 3 is 2.32 bits per heavy atom. The zero-order chi connectivity index (χ0) is 20.1. The first-order chi connectivity index (χ1) is 13.4. The van der Waals surface area contributed by atoms with Crippen LogP contribution < -0.4 is 5.32 Å². The summed E-state index contributed by atoms with van der Waals surface area (Å²) in [5.41, 5.74) is 1.12. The lowest BCUT2D eigenvalue weighted by atomic mass is 9.92. The minimum absolute atomic E-state index is 0.0532. The Morgan fingerprint density at radius 2 is 1.71 bits per heavy atom. The first-order valence-electron chi connectivity index (χ1n) is 9.60. The van der Waals surface area contributed by atoms with Crippen molar-refractivity contribution in [3.05, 3.63) is 59.7 Å². The van der Waals surface area contributed by atoms with Gasteiger partial charge in [0.2, 0.25) is 0 Å². The van der Waals surface area contributed by atoms with Crippen molar-refractivity contribution in [2.45, 2.75) is 25.4 Å². The van der Waals surface area contributed by atoms with Crippen LogP contribution in [0.2, 0.25) is 0 Å². The average Bonchev–Trinajstić information content (AvgIpc) is 2.71. The van der Waals surface area contributed by atoms with Crippen LogP contribution in [0.4, 0.5) is 13.2 Å². The molecular formula is C22H25F3N2O. The molecule has 28 heavy (non-hydrogen) atoms. The molecule has 1 aliphatic heterocycles. The molecule has 0 bridgehead atoms. The molecule has 150 valence electrons. The van der Waals surface area contributed by atoms with E-state index in [0.29, 0.717) is 35.7 Å². The standard InChI is InChI=1S/C22H25F3N2O/c1-26-13-10-16-11-14-27(15-12-16)21(28)20-5-3-2-4-19(20)17-6-8-18(9-7-17)22(23,24)25/h2-9,16,26H,10-15H2,1H3. The lowest BCUT2D eigenvalue weighted by molar-refractivity contribution is -0.137. The summed E-state index contributed by atoms with van der Waals surface area (Å²) in [4.78, 5) is 14.9. The van der Waals surface area contributed by atoms with Gasteiger partial charge in [0, 0.05) is 18.7 Å². The molecule has 1 fully saturated rings. The van der Waals surface area contributed by atoms with Gasteiger partial charge in [-0.3, -0.25) is 4.79 Å². The van der Waals surface area contributed by atoms with Gasteiger partial charge in [-0.1, -0.05) is 30.3 Å². The van der Waals surface area contributed by atoms with Crippen LogP contribution in [-0.4, -0.2) is 37.5 Å². The third kappa shape index (κ3) is 4.73. The summed E-state index contributed by atoms with van der Waals surface area (Å²) in [6.07, 6.45) is -1.29. The maximum Gasteiger partial charge on any atom is 0.416 e. The highest BCUT2D eigenvalue weighted by Gasteiger charge is 2.30. The molecule has 1 N–H and O–H groups in total. The van der Waals surface area contributed by atoms with E-state index in [-0.39, 0.29) is 5.91 Å². The fourth-order valence-electron chi connectivity index (χ4n) is 3.70. The SMILES string of the molecule is CNCCC1CCN(C(=O)c2ccccc2-c2ccc(C(F)(F)F)cc2)CC1. The summed E-state index contributed by atoms with van der Waals surface area (Å²) in [5, 5.41) is 3.16. The average molecular weight is 390 g/mol. The van der Waals surface area contributed by atoms with Gasteiger partial charge in [-0.05, 0) is 68.1 Å². The van der Waals surface area contributed by atoms with Gasteiger partial charge < -0.3 is 10.2 Å². The number of carbonyl (C=O) groups excluding carboxylic acids is 1. The number of nitrogens with one attached hydrogen (secondary N) is 1. The fourth-order valence-corrected chi connectivity index (χ4v) is 3.70. The normalized spacial score (nSPS) is 15.6. The third-order valence-corrected chi connectivity index (χ3v) is 5.39. The van der Waals surface area contributed by atoms with E-state index in [1.165, 1.54) is 12.1 Å². The number of halogens is 3. The quantitative estimate of drug-likeness (QED) is 0.793. The van der Waals surface area contributed by atoms with Crippen LogP contribution >= 0.6 is 0 Å². The van der Waals surface area contributed by atoms with Crippen molar-refractivity contribution in [2.75, 3.05) is 26.7 Å². The molecule has 0 saturated carbocycles. The fraction of sp³-hybridized carbons (Fsp3) is 0.409. The summed E-state index contributed by atoms with van der Waals surface area (Å²) < 4.78 is 38.5. The van der Waals surface area contributed by atoms with Crippen molar-refractivity contribution < 1.29 is 18.0 Å². The zero-order valence-corrected chi connectivity index (χ0v) is 15.9. The van der Waals surface area contributed by atoms with E-state index in [9.17, 15) is 18.0 Å². The van der Waals surface area contributed by atoms with Crippen molar-refractivity contribution in [2.24, 2.45) is 5.92 Å². The van der Waals surface area contributed by atoms with Crippen LogP contribution in [0.1, 0.15) is 35.2 Å². The highest BCUT2D eigenvalue weighted by Crippen LogP contribution is 2.32. The Labute approximate surface area is 163 Å². The van der Waals surface area contributed by atoms with Crippen LogP contribution in [-0.2, 0) is 6.18 Å². The molecule has 0 atom stereocenters. The number of carbonyl (C=O) groups is 1. The van der Waals surface area contributed by atoms with E-state index in [2.05, 4.69) is 5.32 Å². The molecule has 6 heteroatoms. The third-order valence-electron chi connectivity index (χ3n) is 5.39. The molecule has 1 amide bonds. The van der Waals surface area contributed by atoms with Gasteiger partial charge in [-0.25, -0.2) is 0 Å². The van der Waals surface area contributed by atoms with Crippen molar-refractivity contribution in [1.82, 2.24) is 10.2 Å². The van der Waals surface area contributed by atoms with Crippen LogP contribution in [0.3, 0.4) is 0 Å². The maximum atomic E-state index is 13.1. The number of likely N-dealkylation sites (tertiary alicyclic amines) is 1. The molecule has 0 radical (unpaired) electrons. The second-order valence-electron chi connectivity index (χ2n) is 7.25. The molecule has 0 aromatic heterocycles. The topological polar surface area (TPSA) is 32.3 Å². The van der Waals surface area contributed by atoms with Crippen molar-refractivity contribution in [3.8, 4) is 11.1 Å². The molecule has 1 aliphatic rings. The van der Waals surface area contributed by atoms with Crippen LogP contribution in [0.5, 0.6) is 0 Å². The van der Waals surface area contributed by atoms with Gasteiger partial charge in [-0.15, -0.1) is 0 Å². The molecule has 0 spiro atoms. The molecule has 3 rings (SSSR count). The first kappa shape index (κ1) is 20.4. The van der Waals surface area contributed by atoms with E-state index < -0.39 is 11.7 Å². The number of hydrogen-bond acceptors (Lipinski definition) is 2. The Morgan fingerprint density at radius 1 is 1.07 bits per heavy atom. The number of piperidine rings is 1. The number of rotatable bonds is 5. The summed E-state index contributed by atoms with van der Waals surface area (Å²) in [6.45, 7) is 2.42. The Hall–Kier alpha value is -2.34. The predicted octanol–water partition coefficient (Wildman–Crippen LogP) is 4.83. The monoisotopic (exact) mass is 390 g/mol. The maximum absolute atomic E-state index is 13.1. The summed E-state index contributed by atoms with van der Waals surface area (Å²) in [5.74, 6) is 0.573. The molecule has 2 aromatic carbocycles. The predicted molar refractivity (Wildman–Crippen MR) is 104 cm³/mol. The van der Waals surface area contributed by atoms with E-state index in [1.807, 2.05) is 11.9 Å². The van der Waals surface area contributed by atoms with Crippen molar-refractivity contribution in [1.29, 1.82) is 0 Å². The van der Waals surface area contributed by atoms with Gasteiger partial charge >= 0.3 is 6.18 Å². The van der Waals surface area contributed by atoms with Gasteiger partial charge in [0.15, 0.2) is 0 Å². The zero-order valence-electron chi connectivity index (χ0n) is 15.9. The van der Waals surface area contributed by atoms with Crippen molar-refractivity contribution >= 4 is 5.91 Å². The van der Waals surface area contributed by atoms with Gasteiger partial charge in [0.25, 0.3) is 5.91 Å². The number of benzene rings is 2. The smallest absolute Gasteiger partial charge is 0.339 e. The van der Waals surface area contributed by atoms with Crippen molar-refractivity contribution in [3.63, 3.8) is 0 Å². The number of amides is 1. The van der Waals surface area contributed by atoms with Crippen LogP contribution in [0, 0.1) is 5.92 Å². The molecule has 1 saturated heterocycles. The summed E-state index contributed by atoms with van der Waals surface area (Å²) in [6, 6.07) is 12.1. The highest BCUT2D eigenvalue weighted by molar-refractivity contribution is 6.01. The Balaban J connectivity index is 1.76. The molecule has 3 nitrogen and oxygen atoms in total. The Kier molecular flexibility index (Phi) is 6.39. The van der Waals surface area contributed by atoms with E-state index in [4.69, 9.17) is 0 Å². The molecule has 0 aliphatic carbocycles. The number of nitrogens with zero attached hydrogens (tertiary/aromatic N) is 1. The number of hydrogen-bond donors (Lipinski definition) is 1. The largest absolute Gasteiger partial charge is 0.416 e. The van der Waals surface area contributed by atoms with Gasteiger partial charge in [-0.2, -0.15) is 13.2 Å². The summed E-state index contributed by atoms with van der Waals surface area (Å²) in [7, 11) is 1.94. The molecular weight excluding hydrogens is 365 g/mol. The summed E-state index contributed by atoms with van der Waals surface area (Å²) >= 11 is 0. The van der Waals surface area contributed by atoms with E-state index in [0.717, 1.165) is 37.9 Å². The van der Waals surface area contributed by atoms with Crippen LogP contribution in [0.15, 0.2) is 48.5 Å². The van der Waals surface area contributed by atoms with Crippen LogP contribution in [0.25, 0.3) is 11.1 Å². The first-order valence-corrected chi connectivity index (χ1v) is 9.60. The minimum Gasteiger partial charge on any atom is -0.339 e. The number of alkyl halides is 3. The van der Waals surface area contributed by atoms with E-state index in [1.54, 1.807) is 24.3 Å². The molecule has 2 aromatic rings. The second kappa shape index (κ2) is 8.78. The molecule has 0 unspecified atom stereocenters. The van der Waals surface area contributed by atoms with Gasteiger partial charge in [0.1, 0.15) is 0 Å². The molecule has 1 heterocycles.